The molecule has 2 aliphatic heterocycles. The number of likely N-dealkylation sites (tertiary alicyclic amines) is 1. The number of nitrogens with zero attached hydrogens (tertiary/aromatic N) is 2. The van der Waals surface area contributed by atoms with Gasteiger partial charge in [-0.3, -0.25) is 0 Å². The Kier molecular flexibility index (Phi) is 3.85. The first kappa shape index (κ1) is 16.0. The topological polar surface area (TPSA) is 76.8 Å². The van der Waals surface area contributed by atoms with Crippen LogP contribution in [0.4, 0.5) is 10.5 Å². The number of carbonyl (C=O) groups excluding carboxylic acids is 1. The number of benzene rings is 2. The Morgan fingerprint density at radius 2 is 1.89 bits per heavy atom. The molecule has 0 saturated carbocycles. The molecule has 1 saturated heterocycles. The highest BCUT2D eigenvalue weighted by Crippen LogP contribution is 2.34. The van der Waals surface area contributed by atoms with Crippen LogP contribution in [-0.4, -0.2) is 35.8 Å². The third kappa shape index (κ3) is 3.05. The number of aromatic nitrogens is 1. The van der Waals surface area contributed by atoms with Gasteiger partial charge in [-0.25, -0.2) is 9.78 Å². The molecule has 0 spiro atoms. The van der Waals surface area contributed by atoms with E-state index in [1.807, 2.05) is 35.2 Å². The van der Waals surface area contributed by atoms with E-state index in [1.54, 1.807) is 12.1 Å². The highest BCUT2D eigenvalue weighted by molar-refractivity contribution is 5.89. The van der Waals surface area contributed by atoms with E-state index >= 15 is 0 Å². The molecule has 2 aromatic carbocycles. The number of urea groups is 1. The van der Waals surface area contributed by atoms with Crippen molar-refractivity contribution >= 4 is 22.8 Å². The van der Waals surface area contributed by atoms with E-state index in [9.17, 15) is 4.79 Å². The predicted octanol–water partition coefficient (Wildman–Crippen LogP) is 3.97. The normalized spacial score (nSPS) is 16.7. The summed E-state index contributed by atoms with van der Waals surface area (Å²) in [4.78, 5) is 19.0. The summed E-state index contributed by atoms with van der Waals surface area (Å²) in [6, 6.07) is 13.1. The van der Waals surface area contributed by atoms with Gasteiger partial charge >= 0.3 is 6.03 Å². The molecule has 3 aromatic rings. The lowest BCUT2D eigenvalue weighted by Crippen LogP contribution is -2.40. The fraction of sp³-hybridized carbons (Fsp3) is 0.300. The number of hydrogen-bond donors (Lipinski definition) is 1. The number of anilines is 1. The molecule has 0 atom stereocenters. The van der Waals surface area contributed by atoms with Crippen molar-refractivity contribution < 1.29 is 18.7 Å². The summed E-state index contributed by atoms with van der Waals surface area (Å²) >= 11 is 0. The van der Waals surface area contributed by atoms with E-state index in [-0.39, 0.29) is 18.7 Å². The molecule has 2 amide bonds. The molecule has 1 N–H and O–H groups in total. The van der Waals surface area contributed by atoms with Gasteiger partial charge in [-0.1, -0.05) is 12.1 Å². The van der Waals surface area contributed by atoms with Gasteiger partial charge < -0.3 is 24.1 Å². The number of amides is 2. The maximum absolute atomic E-state index is 12.6. The number of fused-ring (bicyclic) bond motifs is 2. The standard InChI is InChI=1S/C20H19N3O4/c24-20(21-14-5-6-17-18(11-14)26-12-25-17)23-9-7-13(8-10-23)19-22-15-3-1-2-4-16(15)27-19/h1-6,11,13H,7-10,12H2,(H,21,24). The molecule has 2 aliphatic rings. The molecule has 0 unspecified atom stereocenters. The molecular weight excluding hydrogens is 346 g/mol. The number of rotatable bonds is 2. The molecule has 1 fully saturated rings. The molecular formula is C20H19N3O4. The summed E-state index contributed by atoms with van der Waals surface area (Å²) in [7, 11) is 0. The van der Waals surface area contributed by atoms with E-state index in [1.165, 1.54) is 0 Å². The summed E-state index contributed by atoms with van der Waals surface area (Å²) in [6.45, 7) is 1.55. The molecule has 27 heavy (non-hydrogen) atoms. The zero-order chi connectivity index (χ0) is 18.2. The lowest BCUT2D eigenvalue weighted by atomic mass is 9.97. The minimum absolute atomic E-state index is 0.107. The average molecular weight is 365 g/mol. The van der Waals surface area contributed by atoms with Crippen LogP contribution in [0.5, 0.6) is 11.5 Å². The molecule has 5 rings (SSSR count). The van der Waals surface area contributed by atoms with E-state index in [0.717, 1.165) is 29.8 Å². The SMILES string of the molecule is O=C(Nc1ccc2c(c1)OCO2)N1CCC(c2nc3ccccc3o2)CC1. The Bertz CT molecular complexity index is 959. The number of oxazole rings is 1. The number of hydrogen-bond acceptors (Lipinski definition) is 5. The summed E-state index contributed by atoms with van der Waals surface area (Å²) in [5.74, 6) is 2.37. The highest BCUT2D eigenvalue weighted by Gasteiger charge is 2.27. The van der Waals surface area contributed by atoms with Gasteiger partial charge in [0.15, 0.2) is 23.0 Å². The van der Waals surface area contributed by atoms with E-state index in [2.05, 4.69) is 10.3 Å². The molecule has 7 heteroatoms. The maximum atomic E-state index is 12.6. The van der Waals surface area contributed by atoms with Crippen LogP contribution in [0, 0.1) is 0 Å². The zero-order valence-corrected chi connectivity index (χ0v) is 14.7. The Balaban J connectivity index is 1.21. The Hall–Kier alpha value is -3.22. The van der Waals surface area contributed by atoms with Crippen molar-refractivity contribution in [2.24, 2.45) is 0 Å². The van der Waals surface area contributed by atoms with Crippen molar-refractivity contribution in [3.05, 3.63) is 48.4 Å². The minimum Gasteiger partial charge on any atom is -0.454 e. The lowest BCUT2D eigenvalue weighted by molar-refractivity contribution is 0.174. The quantitative estimate of drug-likeness (QED) is 0.744. The van der Waals surface area contributed by atoms with Gasteiger partial charge in [-0.05, 0) is 37.1 Å². The van der Waals surface area contributed by atoms with Crippen LogP contribution >= 0.6 is 0 Å². The Morgan fingerprint density at radius 3 is 2.74 bits per heavy atom. The average Bonchev–Trinajstić information content (AvgIpc) is 3.34. The van der Waals surface area contributed by atoms with Crippen molar-refractivity contribution in [2.75, 3.05) is 25.2 Å². The van der Waals surface area contributed by atoms with Crippen LogP contribution in [0.3, 0.4) is 0 Å². The van der Waals surface area contributed by atoms with Gasteiger partial charge in [0, 0.05) is 30.8 Å². The van der Waals surface area contributed by atoms with E-state index < -0.39 is 0 Å². The Morgan fingerprint density at radius 1 is 1.07 bits per heavy atom. The van der Waals surface area contributed by atoms with Gasteiger partial charge in [0.25, 0.3) is 0 Å². The Labute approximate surface area is 155 Å². The number of para-hydroxylation sites is 2. The van der Waals surface area contributed by atoms with E-state index in [0.29, 0.717) is 30.3 Å². The van der Waals surface area contributed by atoms with Crippen LogP contribution in [-0.2, 0) is 0 Å². The third-order valence-corrected chi connectivity index (χ3v) is 5.07. The van der Waals surface area contributed by atoms with Crippen LogP contribution in [0.25, 0.3) is 11.1 Å². The maximum Gasteiger partial charge on any atom is 0.321 e. The largest absolute Gasteiger partial charge is 0.454 e. The fourth-order valence-corrected chi connectivity index (χ4v) is 3.57. The molecule has 0 radical (unpaired) electrons. The van der Waals surface area contributed by atoms with Crippen molar-refractivity contribution in [1.29, 1.82) is 0 Å². The summed E-state index contributed by atoms with van der Waals surface area (Å²) < 4.78 is 16.5. The molecule has 1 aromatic heterocycles. The van der Waals surface area contributed by atoms with Crippen molar-refractivity contribution in [2.45, 2.75) is 18.8 Å². The van der Waals surface area contributed by atoms with Crippen LogP contribution in [0.1, 0.15) is 24.7 Å². The number of ether oxygens (including phenoxy) is 2. The molecule has 138 valence electrons. The molecule has 0 bridgehead atoms. The molecule has 7 nitrogen and oxygen atoms in total. The number of nitrogens with one attached hydrogen (secondary N) is 1. The predicted molar refractivity (Wildman–Crippen MR) is 99.1 cm³/mol. The first-order valence-electron chi connectivity index (χ1n) is 9.07. The van der Waals surface area contributed by atoms with Gasteiger partial charge in [0.2, 0.25) is 6.79 Å². The number of piperidine rings is 1. The second kappa shape index (κ2) is 6.50. The number of carbonyl (C=O) groups is 1. The highest BCUT2D eigenvalue weighted by atomic mass is 16.7. The van der Waals surface area contributed by atoms with Gasteiger partial charge in [0.1, 0.15) is 5.52 Å². The van der Waals surface area contributed by atoms with Gasteiger partial charge in [-0.2, -0.15) is 0 Å². The monoisotopic (exact) mass is 365 g/mol. The summed E-state index contributed by atoms with van der Waals surface area (Å²) in [6.07, 6.45) is 1.67. The lowest BCUT2D eigenvalue weighted by Gasteiger charge is -2.30. The van der Waals surface area contributed by atoms with Crippen molar-refractivity contribution in [3.8, 4) is 11.5 Å². The van der Waals surface area contributed by atoms with Crippen LogP contribution < -0.4 is 14.8 Å². The van der Waals surface area contributed by atoms with Crippen molar-refractivity contribution in [1.82, 2.24) is 9.88 Å². The second-order valence-electron chi connectivity index (χ2n) is 6.78. The second-order valence-corrected chi connectivity index (χ2v) is 6.78. The van der Waals surface area contributed by atoms with E-state index in [4.69, 9.17) is 13.9 Å². The van der Waals surface area contributed by atoms with Crippen LogP contribution in [0.15, 0.2) is 46.9 Å². The summed E-state index contributed by atoms with van der Waals surface area (Å²) in [5.41, 5.74) is 2.40. The first-order valence-corrected chi connectivity index (χ1v) is 9.07. The van der Waals surface area contributed by atoms with Gasteiger partial charge in [0.05, 0.1) is 0 Å². The van der Waals surface area contributed by atoms with Crippen LogP contribution in [0.2, 0.25) is 0 Å². The zero-order valence-electron chi connectivity index (χ0n) is 14.7. The molecule has 3 heterocycles. The summed E-state index contributed by atoms with van der Waals surface area (Å²) in [5, 5.41) is 2.93. The van der Waals surface area contributed by atoms with Crippen molar-refractivity contribution in [3.63, 3.8) is 0 Å². The smallest absolute Gasteiger partial charge is 0.321 e. The molecule has 0 aliphatic carbocycles. The first-order chi connectivity index (χ1) is 13.3. The third-order valence-electron chi connectivity index (χ3n) is 5.07. The fourth-order valence-electron chi connectivity index (χ4n) is 3.57. The van der Waals surface area contributed by atoms with Gasteiger partial charge in [-0.15, -0.1) is 0 Å². The minimum atomic E-state index is -0.107.